The van der Waals surface area contributed by atoms with Crippen LogP contribution in [0.25, 0.3) is 0 Å². The number of alkyl halides is 3. The van der Waals surface area contributed by atoms with Crippen LogP contribution in [-0.2, 0) is 5.41 Å². The molecule has 164 valence electrons. The van der Waals surface area contributed by atoms with Crippen LogP contribution in [0.4, 0.5) is 13.2 Å². The van der Waals surface area contributed by atoms with E-state index in [2.05, 4.69) is 39.9 Å². The number of hydrogen-bond acceptors (Lipinski definition) is 2. The molecule has 0 spiro atoms. The predicted octanol–water partition coefficient (Wildman–Crippen LogP) is 4.17. The maximum absolute atomic E-state index is 12.5. The van der Waals surface area contributed by atoms with Gasteiger partial charge in [-0.05, 0) is 37.3 Å². The van der Waals surface area contributed by atoms with Crippen molar-refractivity contribution in [1.29, 1.82) is 0 Å². The van der Waals surface area contributed by atoms with E-state index in [9.17, 15) is 13.2 Å². The van der Waals surface area contributed by atoms with Crippen LogP contribution in [0.3, 0.4) is 0 Å². The molecular weight excluding hydrogens is 492 g/mol. The first-order chi connectivity index (χ1) is 13.4. The molecule has 1 atom stereocenters. The molecule has 3 rings (SSSR count). The van der Waals surface area contributed by atoms with Crippen molar-refractivity contribution in [3.63, 3.8) is 0 Å². The monoisotopic (exact) mass is 524 g/mol. The maximum Gasteiger partial charge on any atom is 0.401 e. The summed E-state index contributed by atoms with van der Waals surface area (Å²) in [6.07, 6.45) is 1.46. The van der Waals surface area contributed by atoms with Crippen LogP contribution >= 0.6 is 24.0 Å². The molecule has 4 nitrogen and oxygen atoms in total. The number of nitrogens with zero attached hydrogens (tertiary/aromatic N) is 2. The molecule has 1 heterocycles. The van der Waals surface area contributed by atoms with E-state index < -0.39 is 12.7 Å². The van der Waals surface area contributed by atoms with E-state index in [0.29, 0.717) is 19.6 Å². The molecule has 2 aliphatic rings. The minimum absolute atomic E-state index is 0. The Morgan fingerprint density at radius 3 is 2.48 bits per heavy atom. The lowest BCUT2D eigenvalue weighted by Gasteiger charge is -2.31. The van der Waals surface area contributed by atoms with Gasteiger partial charge in [0.1, 0.15) is 0 Å². The summed E-state index contributed by atoms with van der Waals surface area (Å²) in [6.45, 7) is 1.65. The number of guanidine groups is 1. The molecule has 1 aromatic rings. The van der Waals surface area contributed by atoms with E-state index in [1.54, 1.807) is 7.05 Å². The van der Waals surface area contributed by atoms with E-state index in [1.807, 2.05) is 6.07 Å². The molecule has 1 saturated heterocycles. The fraction of sp³-hybridized carbons (Fsp3) is 0.667. The van der Waals surface area contributed by atoms with Crippen LogP contribution in [0.2, 0.25) is 0 Å². The summed E-state index contributed by atoms with van der Waals surface area (Å²) in [7, 11) is 1.74. The summed E-state index contributed by atoms with van der Waals surface area (Å²) >= 11 is 0. The van der Waals surface area contributed by atoms with Crippen LogP contribution in [0.1, 0.15) is 37.7 Å². The van der Waals surface area contributed by atoms with Crippen LogP contribution in [-0.4, -0.2) is 56.8 Å². The van der Waals surface area contributed by atoms with Crippen LogP contribution in [0.5, 0.6) is 0 Å². The molecule has 1 aliphatic carbocycles. The van der Waals surface area contributed by atoms with Gasteiger partial charge in [0.15, 0.2) is 5.96 Å². The molecule has 1 aliphatic heterocycles. The first-order valence-electron chi connectivity index (χ1n) is 10.2. The zero-order valence-electron chi connectivity index (χ0n) is 17.0. The van der Waals surface area contributed by atoms with Crippen molar-refractivity contribution in [2.75, 3.05) is 39.8 Å². The minimum atomic E-state index is -4.12. The average molecular weight is 524 g/mol. The van der Waals surface area contributed by atoms with E-state index in [0.717, 1.165) is 31.8 Å². The lowest BCUT2D eigenvalue weighted by atomic mass is 9.79. The van der Waals surface area contributed by atoms with Crippen molar-refractivity contribution in [3.05, 3.63) is 35.9 Å². The van der Waals surface area contributed by atoms with Crippen LogP contribution < -0.4 is 10.6 Å². The van der Waals surface area contributed by atoms with Crippen LogP contribution in [0.15, 0.2) is 35.3 Å². The van der Waals surface area contributed by atoms with Gasteiger partial charge in [-0.1, -0.05) is 43.2 Å². The van der Waals surface area contributed by atoms with Gasteiger partial charge in [0.25, 0.3) is 0 Å². The Morgan fingerprint density at radius 1 is 1.17 bits per heavy atom. The quantitative estimate of drug-likeness (QED) is 0.334. The third-order valence-corrected chi connectivity index (χ3v) is 6.10. The Labute approximate surface area is 188 Å². The second-order valence-electron chi connectivity index (χ2n) is 8.17. The van der Waals surface area contributed by atoms with E-state index >= 15 is 0 Å². The van der Waals surface area contributed by atoms with Gasteiger partial charge < -0.3 is 10.6 Å². The van der Waals surface area contributed by atoms with Gasteiger partial charge in [0.2, 0.25) is 0 Å². The summed E-state index contributed by atoms with van der Waals surface area (Å²) in [4.78, 5) is 5.81. The standard InChI is InChI=1S/C21H31F3N4.HI/c1-25-19(26-13-17-9-12-28(14-17)16-21(22,23)24)27-15-20(10-5-6-11-20)18-7-3-2-4-8-18;/h2-4,7-8,17H,5-6,9-16H2,1H3,(H2,25,26,27);1H. The smallest absolute Gasteiger partial charge is 0.356 e. The predicted molar refractivity (Wildman–Crippen MR) is 122 cm³/mol. The number of benzene rings is 1. The first-order valence-corrected chi connectivity index (χ1v) is 10.2. The van der Waals surface area contributed by atoms with E-state index in [-0.39, 0.29) is 35.3 Å². The van der Waals surface area contributed by atoms with Gasteiger partial charge >= 0.3 is 6.18 Å². The van der Waals surface area contributed by atoms with E-state index in [1.165, 1.54) is 23.3 Å². The van der Waals surface area contributed by atoms with Crippen molar-refractivity contribution >= 4 is 29.9 Å². The molecule has 2 N–H and O–H groups in total. The molecule has 2 fully saturated rings. The second kappa shape index (κ2) is 10.8. The van der Waals surface area contributed by atoms with Crippen molar-refractivity contribution in [2.45, 2.75) is 43.7 Å². The minimum Gasteiger partial charge on any atom is -0.356 e. The molecule has 8 heteroatoms. The fourth-order valence-corrected chi connectivity index (χ4v) is 4.60. The number of nitrogens with one attached hydrogen (secondary N) is 2. The highest BCUT2D eigenvalue weighted by Gasteiger charge is 2.36. The van der Waals surface area contributed by atoms with Gasteiger partial charge in [-0.15, -0.1) is 24.0 Å². The normalized spacial score (nSPS) is 22.3. The Bertz CT molecular complexity index is 645. The first kappa shape index (κ1) is 24.2. The Balaban J connectivity index is 0.00000300. The molecule has 1 unspecified atom stereocenters. The van der Waals surface area contributed by atoms with Crippen LogP contribution in [0, 0.1) is 5.92 Å². The van der Waals surface area contributed by atoms with E-state index in [4.69, 9.17) is 0 Å². The zero-order chi connectivity index (χ0) is 20.0. The maximum atomic E-state index is 12.5. The highest BCUT2D eigenvalue weighted by molar-refractivity contribution is 14.0. The SMILES string of the molecule is CN=C(NCC1CCN(CC(F)(F)F)C1)NCC1(c2ccccc2)CCCC1.I. The average Bonchev–Trinajstić information content (AvgIpc) is 3.32. The van der Waals surface area contributed by atoms with Crippen molar-refractivity contribution in [2.24, 2.45) is 10.9 Å². The third-order valence-electron chi connectivity index (χ3n) is 6.10. The molecule has 1 aromatic carbocycles. The Kier molecular flexibility index (Phi) is 9.06. The summed E-state index contributed by atoms with van der Waals surface area (Å²) < 4.78 is 37.6. The molecule has 0 radical (unpaired) electrons. The molecule has 1 saturated carbocycles. The zero-order valence-corrected chi connectivity index (χ0v) is 19.3. The molecule has 29 heavy (non-hydrogen) atoms. The lowest BCUT2D eigenvalue weighted by Crippen LogP contribution is -2.46. The van der Waals surface area contributed by atoms with Crippen molar-refractivity contribution < 1.29 is 13.2 Å². The summed E-state index contributed by atoms with van der Waals surface area (Å²) in [5, 5.41) is 6.79. The highest BCUT2D eigenvalue weighted by atomic mass is 127. The highest BCUT2D eigenvalue weighted by Crippen LogP contribution is 2.40. The van der Waals surface area contributed by atoms with Gasteiger partial charge in [-0.2, -0.15) is 13.2 Å². The summed E-state index contributed by atoms with van der Waals surface area (Å²) in [5.74, 6) is 0.951. The third kappa shape index (κ3) is 7.01. The largest absolute Gasteiger partial charge is 0.401 e. The number of rotatable bonds is 6. The Morgan fingerprint density at radius 2 is 1.86 bits per heavy atom. The number of likely N-dealkylation sites (tertiary alicyclic amines) is 1. The second-order valence-corrected chi connectivity index (χ2v) is 8.17. The summed E-state index contributed by atoms with van der Waals surface area (Å²) in [6, 6.07) is 10.6. The topological polar surface area (TPSA) is 39.7 Å². The van der Waals surface area contributed by atoms with Crippen molar-refractivity contribution in [3.8, 4) is 0 Å². The molecule has 0 amide bonds. The number of aliphatic imine (C=N–C) groups is 1. The van der Waals surface area contributed by atoms with Gasteiger partial charge in [-0.25, -0.2) is 0 Å². The fourth-order valence-electron chi connectivity index (χ4n) is 4.60. The van der Waals surface area contributed by atoms with Gasteiger partial charge in [-0.3, -0.25) is 9.89 Å². The summed E-state index contributed by atoms with van der Waals surface area (Å²) in [5.41, 5.74) is 1.50. The van der Waals surface area contributed by atoms with Gasteiger partial charge in [0, 0.05) is 32.1 Å². The molecular formula is C21H32F3IN4. The lowest BCUT2D eigenvalue weighted by molar-refractivity contribution is -0.143. The molecule has 0 aromatic heterocycles. The van der Waals surface area contributed by atoms with Gasteiger partial charge in [0.05, 0.1) is 6.54 Å². The number of hydrogen-bond donors (Lipinski definition) is 2. The van der Waals surface area contributed by atoms with Crippen molar-refractivity contribution in [1.82, 2.24) is 15.5 Å². The number of halogens is 4. The Hall–Kier alpha value is -1.03. The molecule has 0 bridgehead atoms.